The number of likely N-dealkylation sites (tertiary alicyclic amines) is 1. The largest absolute Gasteiger partial charge is 0.356 e. The molecule has 3 rings (SSSR count). The molecule has 2 aliphatic heterocycles. The van der Waals surface area contributed by atoms with Crippen LogP contribution in [0.4, 0.5) is 14.9 Å². The summed E-state index contributed by atoms with van der Waals surface area (Å²) in [5.41, 5.74) is 0.477. The monoisotopic (exact) mass is 291 g/mol. The molecule has 1 aromatic carbocycles. The highest BCUT2D eigenvalue weighted by atomic mass is 19.1. The maximum atomic E-state index is 13.1. The van der Waals surface area contributed by atoms with Crippen LogP contribution in [0.5, 0.6) is 0 Å². The lowest BCUT2D eigenvalue weighted by Crippen LogP contribution is -2.45. The minimum absolute atomic E-state index is 0.0206. The van der Waals surface area contributed by atoms with Crippen LogP contribution >= 0.6 is 0 Å². The van der Waals surface area contributed by atoms with E-state index in [0.29, 0.717) is 31.7 Å². The molecule has 0 atom stereocenters. The Morgan fingerprint density at radius 3 is 2.71 bits per heavy atom. The number of nitrogens with one attached hydrogen (secondary N) is 2. The number of rotatable bonds is 1. The summed E-state index contributed by atoms with van der Waals surface area (Å²) < 4.78 is 13.1. The Labute approximate surface area is 122 Å². The molecule has 0 aliphatic carbocycles. The summed E-state index contributed by atoms with van der Waals surface area (Å²) in [6.07, 6.45) is 2.21. The van der Waals surface area contributed by atoms with Gasteiger partial charge in [-0.25, -0.2) is 9.18 Å². The van der Waals surface area contributed by atoms with Gasteiger partial charge in [0.25, 0.3) is 0 Å². The second-order valence-electron chi connectivity index (χ2n) is 5.88. The van der Waals surface area contributed by atoms with Gasteiger partial charge in [0.2, 0.25) is 5.91 Å². The predicted octanol–water partition coefficient (Wildman–Crippen LogP) is 1.96. The molecule has 21 heavy (non-hydrogen) atoms. The van der Waals surface area contributed by atoms with Crippen molar-refractivity contribution in [1.29, 1.82) is 0 Å². The van der Waals surface area contributed by atoms with E-state index < -0.39 is 0 Å². The van der Waals surface area contributed by atoms with Crippen molar-refractivity contribution in [1.82, 2.24) is 10.2 Å². The fraction of sp³-hybridized carbons (Fsp3) is 0.467. The van der Waals surface area contributed by atoms with Crippen LogP contribution in [-0.2, 0) is 4.79 Å². The lowest BCUT2D eigenvalue weighted by Gasteiger charge is -2.38. The van der Waals surface area contributed by atoms with Crippen LogP contribution in [0.25, 0.3) is 0 Å². The quantitative estimate of drug-likeness (QED) is 0.831. The number of hydrogen-bond acceptors (Lipinski definition) is 2. The topological polar surface area (TPSA) is 61.4 Å². The SMILES string of the molecule is O=C1CC2(CCN(C(=O)Nc3cccc(F)c3)CC2)CN1. The Balaban J connectivity index is 1.57. The average Bonchev–Trinajstić information content (AvgIpc) is 2.80. The van der Waals surface area contributed by atoms with Gasteiger partial charge in [0.15, 0.2) is 0 Å². The molecule has 1 spiro atoms. The molecule has 0 saturated carbocycles. The first-order valence-electron chi connectivity index (χ1n) is 7.15. The molecule has 2 saturated heterocycles. The van der Waals surface area contributed by atoms with E-state index in [4.69, 9.17) is 0 Å². The van der Waals surface area contributed by atoms with Crippen LogP contribution in [0.3, 0.4) is 0 Å². The Morgan fingerprint density at radius 1 is 1.33 bits per heavy atom. The zero-order chi connectivity index (χ0) is 14.9. The third-order valence-electron chi connectivity index (χ3n) is 4.38. The van der Waals surface area contributed by atoms with E-state index in [9.17, 15) is 14.0 Å². The summed E-state index contributed by atoms with van der Waals surface area (Å²) in [7, 11) is 0. The average molecular weight is 291 g/mol. The van der Waals surface area contributed by atoms with Crippen LogP contribution in [0, 0.1) is 11.2 Å². The number of amides is 3. The Morgan fingerprint density at radius 2 is 2.10 bits per heavy atom. The summed E-state index contributed by atoms with van der Waals surface area (Å²) in [5, 5.41) is 5.58. The number of anilines is 1. The molecule has 6 heteroatoms. The summed E-state index contributed by atoms with van der Waals surface area (Å²) >= 11 is 0. The van der Waals surface area contributed by atoms with Gasteiger partial charge in [-0.3, -0.25) is 4.79 Å². The number of nitrogens with zero attached hydrogens (tertiary/aromatic N) is 1. The maximum Gasteiger partial charge on any atom is 0.321 e. The van der Waals surface area contributed by atoms with Crippen molar-refractivity contribution in [3.8, 4) is 0 Å². The Kier molecular flexibility index (Phi) is 3.53. The molecule has 5 nitrogen and oxygen atoms in total. The van der Waals surface area contributed by atoms with Crippen LogP contribution in [0.2, 0.25) is 0 Å². The van der Waals surface area contributed by atoms with E-state index in [1.54, 1.807) is 17.0 Å². The zero-order valence-electron chi connectivity index (χ0n) is 11.7. The van der Waals surface area contributed by atoms with Crippen molar-refractivity contribution in [2.75, 3.05) is 25.0 Å². The molecule has 2 fully saturated rings. The van der Waals surface area contributed by atoms with Crippen molar-refractivity contribution in [3.05, 3.63) is 30.1 Å². The van der Waals surface area contributed by atoms with Crippen LogP contribution in [0.15, 0.2) is 24.3 Å². The van der Waals surface area contributed by atoms with Crippen molar-refractivity contribution >= 4 is 17.6 Å². The predicted molar refractivity (Wildman–Crippen MR) is 76.3 cm³/mol. The van der Waals surface area contributed by atoms with E-state index in [-0.39, 0.29) is 23.2 Å². The van der Waals surface area contributed by atoms with Crippen molar-refractivity contribution in [2.45, 2.75) is 19.3 Å². The molecular formula is C15H18FN3O2. The summed E-state index contributed by atoms with van der Waals surface area (Å²) in [4.78, 5) is 25.2. The number of benzene rings is 1. The summed E-state index contributed by atoms with van der Waals surface area (Å²) in [6, 6.07) is 5.64. The summed E-state index contributed by atoms with van der Waals surface area (Å²) in [6.45, 7) is 1.96. The van der Waals surface area contributed by atoms with E-state index in [2.05, 4.69) is 10.6 Å². The second kappa shape index (κ2) is 5.35. The van der Waals surface area contributed by atoms with E-state index in [1.165, 1.54) is 12.1 Å². The van der Waals surface area contributed by atoms with Gasteiger partial charge >= 0.3 is 6.03 Å². The van der Waals surface area contributed by atoms with Crippen LogP contribution < -0.4 is 10.6 Å². The molecule has 0 bridgehead atoms. The number of piperidine rings is 1. The maximum absolute atomic E-state index is 13.1. The van der Waals surface area contributed by atoms with Crippen molar-refractivity contribution < 1.29 is 14.0 Å². The number of carbonyl (C=O) groups is 2. The van der Waals surface area contributed by atoms with Crippen LogP contribution in [-0.4, -0.2) is 36.5 Å². The Bertz CT molecular complexity index is 568. The smallest absolute Gasteiger partial charge is 0.321 e. The molecule has 0 aromatic heterocycles. The van der Waals surface area contributed by atoms with Crippen LogP contribution in [0.1, 0.15) is 19.3 Å². The van der Waals surface area contributed by atoms with Gasteiger partial charge in [0, 0.05) is 31.7 Å². The molecule has 0 unspecified atom stereocenters. The van der Waals surface area contributed by atoms with Gasteiger partial charge in [-0.05, 0) is 36.5 Å². The molecule has 2 heterocycles. The molecule has 1 aromatic rings. The zero-order valence-corrected chi connectivity index (χ0v) is 11.7. The van der Waals surface area contributed by atoms with E-state index in [0.717, 1.165) is 12.8 Å². The lowest BCUT2D eigenvalue weighted by atomic mass is 9.78. The van der Waals surface area contributed by atoms with Gasteiger partial charge in [0.05, 0.1) is 0 Å². The fourth-order valence-corrected chi connectivity index (χ4v) is 3.06. The standard InChI is InChI=1S/C15H18FN3O2/c16-11-2-1-3-12(8-11)18-14(21)19-6-4-15(5-7-19)9-13(20)17-10-15/h1-3,8H,4-7,9-10H2,(H,17,20)(H,18,21). The minimum Gasteiger partial charge on any atom is -0.356 e. The molecular weight excluding hydrogens is 273 g/mol. The molecule has 2 aliphatic rings. The normalized spacial score (nSPS) is 20.4. The van der Waals surface area contributed by atoms with Gasteiger partial charge in [-0.1, -0.05) is 6.07 Å². The number of carbonyl (C=O) groups excluding carboxylic acids is 2. The van der Waals surface area contributed by atoms with Gasteiger partial charge < -0.3 is 15.5 Å². The lowest BCUT2D eigenvalue weighted by molar-refractivity contribution is -0.119. The highest BCUT2D eigenvalue weighted by Crippen LogP contribution is 2.37. The number of hydrogen-bond donors (Lipinski definition) is 2. The molecule has 0 radical (unpaired) electrons. The van der Waals surface area contributed by atoms with Gasteiger partial charge in [-0.15, -0.1) is 0 Å². The minimum atomic E-state index is -0.374. The van der Waals surface area contributed by atoms with E-state index in [1.807, 2.05) is 0 Å². The third kappa shape index (κ3) is 2.99. The molecule has 112 valence electrons. The highest BCUT2D eigenvalue weighted by Gasteiger charge is 2.41. The van der Waals surface area contributed by atoms with Gasteiger partial charge in [0.1, 0.15) is 5.82 Å². The van der Waals surface area contributed by atoms with Crippen molar-refractivity contribution in [3.63, 3.8) is 0 Å². The Hall–Kier alpha value is -2.11. The first-order valence-corrected chi connectivity index (χ1v) is 7.15. The first-order chi connectivity index (χ1) is 10.1. The second-order valence-corrected chi connectivity index (χ2v) is 5.88. The molecule has 2 N–H and O–H groups in total. The number of halogens is 1. The fourth-order valence-electron chi connectivity index (χ4n) is 3.06. The molecule has 3 amide bonds. The van der Waals surface area contributed by atoms with Gasteiger partial charge in [-0.2, -0.15) is 0 Å². The first kappa shape index (κ1) is 13.9. The van der Waals surface area contributed by atoms with Crippen molar-refractivity contribution in [2.24, 2.45) is 5.41 Å². The number of urea groups is 1. The summed E-state index contributed by atoms with van der Waals surface area (Å²) in [5.74, 6) is -0.270. The highest BCUT2D eigenvalue weighted by molar-refractivity contribution is 5.89. The third-order valence-corrected chi connectivity index (χ3v) is 4.38. The van der Waals surface area contributed by atoms with E-state index >= 15 is 0 Å².